The lowest BCUT2D eigenvalue weighted by Gasteiger charge is -2.11. The number of rotatable bonds is 3. The fourth-order valence-corrected chi connectivity index (χ4v) is 2.10. The van der Waals surface area contributed by atoms with E-state index in [4.69, 9.17) is 11.6 Å². The van der Waals surface area contributed by atoms with Gasteiger partial charge in [-0.05, 0) is 18.2 Å². The highest BCUT2D eigenvalue weighted by Crippen LogP contribution is 2.24. The minimum absolute atomic E-state index is 0.143. The first-order chi connectivity index (χ1) is 9.51. The van der Waals surface area contributed by atoms with E-state index in [1.165, 1.54) is 13.1 Å². The number of amides is 3. The van der Waals surface area contributed by atoms with Gasteiger partial charge in [0.2, 0.25) is 11.8 Å². The fourth-order valence-electron chi connectivity index (χ4n) is 1.93. The van der Waals surface area contributed by atoms with Gasteiger partial charge >= 0.3 is 0 Å². The van der Waals surface area contributed by atoms with Gasteiger partial charge in [0.15, 0.2) is 0 Å². The molecule has 1 fully saturated rings. The first kappa shape index (κ1) is 14.3. The molecule has 0 radical (unpaired) electrons. The highest BCUT2D eigenvalue weighted by atomic mass is 35.5. The van der Waals surface area contributed by atoms with E-state index in [0.29, 0.717) is 22.8 Å². The molecule has 1 atom stereocenters. The number of hydrogen-bond acceptors (Lipinski definition) is 3. The summed E-state index contributed by atoms with van der Waals surface area (Å²) in [6, 6.07) is 4.61. The number of carbonyl (C=O) groups is 3. The monoisotopic (exact) mass is 295 g/mol. The molecule has 106 valence electrons. The summed E-state index contributed by atoms with van der Waals surface area (Å²) >= 11 is 5.99. The van der Waals surface area contributed by atoms with Gasteiger partial charge in [0, 0.05) is 25.6 Å². The third-order valence-electron chi connectivity index (χ3n) is 3.06. The van der Waals surface area contributed by atoms with Gasteiger partial charge < -0.3 is 16.0 Å². The molecule has 7 heteroatoms. The molecule has 20 heavy (non-hydrogen) atoms. The number of nitrogens with one attached hydrogen (secondary N) is 3. The van der Waals surface area contributed by atoms with Crippen molar-refractivity contribution in [3.63, 3.8) is 0 Å². The van der Waals surface area contributed by atoms with E-state index in [9.17, 15) is 14.4 Å². The Bertz CT molecular complexity index is 574. The summed E-state index contributed by atoms with van der Waals surface area (Å²) in [5, 5.41) is 8.07. The van der Waals surface area contributed by atoms with E-state index >= 15 is 0 Å². The maximum absolute atomic E-state index is 12.0. The van der Waals surface area contributed by atoms with Crippen molar-refractivity contribution in [3.05, 3.63) is 28.8 Å². The highest BCUT2D eigenvalue weighted by Gasteiger charge is 2.28. The Morgan fingerprint density at radius 1 is 1.40 bits per heavy atom. The van der Waals surface area contributed by atoms with Crippen molar-refractivity contribution in [2.75, 3.05) is 18.9 Å². The van der Waals surface area contributed by atoms with Gasteiger partial charge in [-0.15, -0.1) is 0 Å². The first-order valence-corrected chi connectivity index (χ1v) is 6.48. The molecule has 0 spiro atoms. The summed E-state index contributed by atoms with van der Waals surface area (Å²) in [6.45, 7) is 0.317. The Kier molecular flexibility index (Phi) is 4.24. The molecule has 1 aliphatic heterocycles. The molecule has 1 aromatic rings. The second-order valence-electron chi connectivity index (χ2n) is 4.47. The minimum Gasteiger partial charge on any atom is -0.355 e. The Labute approximate surface area is 120 Å². The summed E-state index contributed by atoms with van der Waals surface area (Å²) in [4.78, 5) is 34.6. The lowest BCUT2D eigenvalue weighted by Crippen LogP contribution is -2.25. The van der Waals surface area contributed by atoms with E-state index < -0.39 is 5.92 Å². The average molecular weight is 296 g/mol. The van der Waals surface area contributed by atoms with Gasteiger partial charge in [0.05, 0.1) is 16.6 Å². The second-order valence-corrected chi connectivity index (χ2v) is 4.88. The van der Waals surface area contributed by atoms with Gasteiger partial charge in [0.1, 0.15) is 0 Å². The standard InChI is InChI=1S/C13H14ClN3O3/c1-15-12(19)7-2-3-9(14)10(4-7)17-13(20)8-5-11(18)16-6-8/h2-4,8H,5-6H2,1H3,(H,15,19)(H,16,18)(H,17,20). The first-order valence-electron chi connectivity index (χ1n) is 6.10. The summed E-state index contributed by atoms with van der Waals surface area (Å²) in [7, 11) is 1.52. The topological polar surface area (TPSA) is 87.3 Å². The van der Waals surface area contributed by atoms with Crippen molar-refractivity contribution in [2.45, 2.75) is 6.42 Å². The highest BCUT2D eigenvalue weighted by molar-refractivity contribution is 6.34. The quantitative estimate of drug-likeness (QED) is 0.770. The molecular formula is C13H14ClN3O3. The van der Waals surface area contributed by atoms with E-state index in [-0.39, 0.29) is 24.1 Å². The van der Waals surface area contributed by atoms with Crippen LogP contribution in [0.3, 0.4) is 0 Å². The van der Waals surface area contributed by atoms with Crippen molar-refractivity contribution < 1.29 is 14.4 Å². The number of carbonyl (C=O) groups excluding carboxylic acids is 3. The van der Waals surface area contributed by atoms with Crippen LogP contribution in [0.1, 0.15) is 16.8 Å². The Morgan fingerprint density at radius 3 is 2.75 bits per heavy atom. The predicted octanol–water partition coefficient (Wildman–Crippen LogP) is 0.774. The molecule has 1 heterocycles. The van der Waals surface area contributed by atoms with Crippen LogP contribution in [0.25, 0.3) is 0 Å². The zero-order chi connectivity index (χ0) is 14.7. The van der Waals surface area contributed by atoms with Crippen LogP contribution in [0.4, 0.5) is 5.69 Å². The van der Waals surface area contributed by atoms with Crippen LogP contribution in [0.15, 0.2) is 18.2 Å². The molecule has 3 amide bonds. The van der Waals surface area contributed by atoms with Gasteiger partial charge in [-0.25, -0.2) is 0 Å². The largest absolute Gasteiger partial charge is 0.355 e. The fraction of sp³-hybridized carbons (Fsp3) is 0.308. The molecule has 1 unspecified atom stereocenters. The third-order valence-corrected chi connectivity index (χ3v) is 3.39. The summed E-state index contributed by atoms with van der Waals surface area (Å²) in [6.07, 6.45) is 0.165. The predicted molar refractivity (Wildman–Crippen MR) is 74.6 cm³/mol. The molecule has 6 nitrogen and oxygen atoms in total. The second kappa shape index (κ2) is 5.92. The van der Waals surface area contributed by atoms with Crippen molar-refractivity contribution in [1.29, 1.82) is 0 Å². The summed E-state index contributed by atoms with van der Waals surface area (Å²) in [5.74, 6) is -1.12. The lowest BCUT2D eigenvalue weighted by molar-refractivity contribution is -0.123. The van der Waals surface area contributed by atoms with Crippen molar-refractivity contribution >= 4 is 35.0 Å². The Balaban J connectivity index is 2.14. The van der Waals surface area contributed by atoms with Crippen molar-refractivity contribution in [1.82, 2.24) is 10.6 Å². The van der Waals surface area contributed by atoms with E-state index in [1.54, 1.807) is 12.1 Å². The number of hydrogen-bond donors (Lipinski definition) is 3. The average Bonchev–Trinajstić information content (AvgIpc) is 2.87. The van der Waals surface area contributed by atoms with Crippen LogP contribution in [0.2, 0.25) is 5.02 Å². The van der Waals surface area contributed by atoms with Crippen LogP contribution in [0, 0.1) is 5.92 Å². The number of halogens is 1. The molecule has 0 aliphatic carbocycles. The zero-order valence-electron chi connectivity index (χ0n) is 10.8. The maximum Gasteiger partial charge on any atom is 0.251 e. The van der Waals surface area contributed by atoms with E-state index in [1.807, 2.05) is 0 Å². The van der Waals surface area contributed by atoms with Gasteiger partial charge in [-0.2, -0.15) is 0 Å². The molecule has 0 aromatic heterocycles. The van der Waals surface area contributed by atoms with Crippen LogP contribution < -0.4 is 16.0 Å². The van der Waals surface area contributed by atoms with E-state index in [2.05, 4.69) is 16.0 Å². The van der Waals surface area contributed by atoms with Crippen LogP contribution >= 0.6 is 11.6 Å². The molecule has 0 bridgehead atoms. The maximum atomic E-state index is 12.0. The molecule has 0 saturated carbocycles. The Morgan fingerprint density at radius 2 is 2.15 bits per heavy atom. The zero-order valence-corrected chi connectivity index (χ0v) is 11.6. The normalized spacial score (nSPS) is 17.5. The van der Waals surface area contributed by atoms with Crippen molar-refractivity contribution in [2.24, 2.45) is 5.92 Å². The SMILES string of the molecule is CNC(=O)c1ccc(Cl)c(NC(=O)C2CNC(=O)C2)c1. The molecule has 3 N–H and O–H groups in total. The molecule has 1 saturated heterocycles. The van der Waals surface area contributed by atoms with Gasteiger partial charge in [-0.3, -0.25) is 14.4 Å². The minimum atomic E-state index is -0.415. The molecular weight excluding hydrogens is 282 g/mol. The van der Waals surface area contributed by atoms with Gasteiger partial charge in [-0.1, -0.05) is 11.6 Å². The van der Waals surface area contributed by atoms with Crippen LogP contribution in [0.5, 0.6) is 0 Å². The van der Waals surface area contributed by atoms with Crippen LogP contribution in [-0.4, -0.2) is 31.3 Å². The summed E-state index contributed by atoms with van der Waals surface area (Å²) in [5.41, 5.74) is 0.755. The lowest BCUT2D eigenvalue weighted by atomic mass is 10.1. The smallest absolute Gasteiger partial charge is 0.251 e. The number of anilines is 1. The summed E-state index contributed by atoms with van der Waals surface area (Å²) < 4.78 is 0. The molecule has 2 rings (SSSR count). The Hall–Kier alpha value is -2.08. The van der Waals surface area contributed by atoms with Crippen molar-refractivity contribution in [3.8, 4) is 0 Å². The number of benzene rings is 1. The van der Waals surface area contributed by atoms with Gasteiger partial charge in [0.25, 0.3) is 5.91 Å². The van der Waals surface area contributed by atoms with E-state index in [0.717, 1.165) is 0 Å². The molecule has 1 aromatic carbocycles. The van der Waals surface area contributed by atoms with Crippen LogP contribution in [-0.2, 0) is 9.59 Å². The third kappa shape index (κ3) is 3.08. The molecule has 1 aliphatic rings.